The molecule has 0 heterocycles. The summed E-state index contributed by atoms with van der Waals surface area (Å²) in [5.74, 6) is -0.267. The van der Waals surface area contributed by atoms with Crippen molar-refractivity contribution in [3.63, 3.8) is 0 Å². The van der Waals surface area contributed by atoms with E-state index in [1.807, 2.05) is 6.26 Å². The van der Waals surface area contributed by atoms with E-state index < -0.39 is 43.0 Å². The predicted molar refractivity (Wildman–Crippen MR) is 72.0 cm³/mol. The van der Waals surface area contributed by atoms with Gasteiger partial charge >= 0.3 is 5.97 Å². The number of hydrogen-bond donors (Lipinski definition) is 5. The molecule has 0 spiro atoms. The second-order valence-electron chi connectivity index (χ2n) is 4.16. The minimum Gasteiger partial charge on any atom is -0.451 e. The van der Waals surface area contributed by atoms with Crippen molar-refractivity contribution in [3.05, 3.63) is 0 Å². The number of thioether (sulfide) groups is 1. The molecule has 0 saturated carbocycles. The summed E-state index contributed by atoms with van der Waals surface area (Å²) in [5.41, 5.74) is 5.53. The third-order valence-corrected chi connectivity index (χ3v) is 3.23. The van der Waals surface area contributed by atoms with Gasteiger partial charge in [0.2, 0.25) is 0 Å². The van der Waals surface area contributed by atoms with E-state index in [-0.39, 0.29) is 6.29 Å². The average Bonchev–Trinajstić information content (AvgIpc) is 2.47. The highest BCUT2D eigenvalue weighted by atomic mass is 32.2. The molecule has 0 aromatic rings. The second-order valence-corrected chi connectivity index (χ2v) is 5.14. The number of esters is 1. The molecule has 0 rings (SSSR count). The van der Waals surface area contributed by atoms with Gasteiger partial charge in [-0.15, -0.1) is 0 Å². The van der Waals surface area contributed by atoms with E-state index in [9.17, 15) is 19.8 Å². The Balaban J connectivity index is 4.53. The number of hydrogen-bond acceptors (Lipinski definition) is 9. The minimum absolute atomic E-state index is 0.122. The van der Waals surface area contributed by atoms with Gasteiger partial charge < -0.3 is 30.9 Å². The number of aliphatic hydroxyl groups is 4. The molecule has 0 bridgehead atoms. The normalized spacial score (nSPS) is 18.7. The molecular formula is C11H21NO7S. The van der Waals surface area contributed by atoms with Gasteiger partial charge in [-0.25, -0.2) is 0 Å². The monoisotopic (exact) mass is 311 g/mol. The van der Waals surface area contributed by atoms with E-state index in [4.69, 9.17) is 20.7 Å². The highest BCUT2D eigenvalue weighted by Crippen LogP contribution is 2.09. The summed E-state index contributed by atoms with van der Waals surface area (Å²) in [6.07, 6.45) is -4.71. The smallest absolute Gasteiger partial charge is 0.323 e. The number of nitrogens with two attached hydrogens (primary N) is 1. The van der Waals surface area contributed by atoms with Gasteiger partial charge in [0.1, 0.15) is 24.4 Å². The van der Waals surface area contributed by atoms with Crippen molar-refractivity contribution in [1.82, 2.24) is 0 Å². The fourth-order valence-corrected chi connectivity index (χ4v) is 1.78. The van der Waals surface area contributed by atoms with E-state index in [2.05, 4.69) is 0 Å². The number of carbonyl (C=O) groups is 2. The van der Waals surface area contributed by atoms with E-state index in [1.165, 1.54) is 11.8 Å². The molecule has 0 aliphatic rings. The average molecular weight is 311 g/mol. The molecule has 0 unspecified atom stereocenters. The lowest BCUT2D eigenvalue weighted by Crippen LogP contribution is -2.49. The summed E-state index contributed by atoms with van der Waals surface area (Å²) in [6, 6.07) is -0.947. The lowest BCUT2D eigenvalue weighted by molar-refractivity contribution is -0.169. The van der Waals surface area contributed by atoms with Gasteiger partial charge in [-0.1, -0.05) is 0 Å². The zero-order valence-electron chi connectivity index (χ0n) is 11.1. The molecule has 118 valence electrons. The van der Waals surface area contributed by atoms with Crippen molar-refractivity contribution in [2.45, 2.75) is 36.9 Å². The molecule has 0 aliphatic heterocycles. The van der Waals surface area contributed by atoms with Gasteiger partial charge in [-0.05, 0) is 18.4 Å². The highest BCUT2D eigenvalue weighted by molar-refractivity contribution is 7.98. The lowest BCUT2D eigenvalue weighted by atomic mass is 10.0. The van der Waals surface area contributed by atoms with Crippen molar-refractivity contribution >= 4 is 24.0 Å². The molecule has 9 heteroatoms. The Morgan fingerprint density at radius 3 is 2.40 bits per heavy atom. The molecule has 0 radical (unpaired) electrons. The molecule has 0 saturated heterocycles. The van der Waals surface area contributed by atoms with Crippen LogP contribution in [0, 0.1) is 0 Å². The highest BCUT2D eigenvalue weighted by Gasteiger charge is 2.34. The second kappa shape index (κ2) is 10.1. The standard InChI is InChI=1S/C11H21NO7S/c1-20-3-2-6(12)11(18)19-8(5-14)10(17)9(16)7(15)4-13/h5-10,13,15-17H,2-4,12H2,1H3/t6-,7+,8-,9+,10+/m0/s1. The van der Waals surface area contributed by atoms with Crippen molar-refractivity contribution in [1.29, 1.82) is 0 Å². The number of ether oxygens (including phenoxy) is 1. The Bertz CT molecular complexity index is 304. The maximum absolute atomic E-state index is 11.6. The minimum atomic E-state index is -1.86. The zero-order chi connectivity index (χ0) is 15.7. The van der Waals surface area contributed by atoms with Crippen LogP contribution in [0.5, 0.6) is 0 Å². The summed E-state index contributed by atoms with van der Waals surface area (Å²) >= 11 is 1.48. The molecule has 0 aliphatic carbocycles. The van der Waals surface area contributed by atoms with Gasteiger partial charge in [0.05, 0.1) is 6.61 Å². The number of carbonyl (C=O) groups excluding carboxylic acids is 2. The van der Waals surface area contributed by atoms with Crippen LogP contribution in [0.4, 0.5) is 0 Å². The molecule has 20 heavy (non-hydrogen) atoms. The van der Waals surface area contributed by atoms with Crippen molar-refractivity contribution in [3.8, 4) is 0 Å². The maximum Gasteiger partial charge on any atom is 0.323 e. The summed E-state index contributed by atoms with van der Waals surface area (Å²) in [5, 5.41) is 36.8. The quantitative estimate of drug-likeness (QED) is 0.214. The Kier molecular flexibility index (Phi) is 9.72. The molecule has 0 amide bonds. The van der Waals surface area contributed by atoms with Gasteiger partial charge in [-0.2, -0.15) is 11.8 Å². The van der Waals surface area contributed by atoms with Gasteiger partial charge in [0.25, 0.3) is 0 Å². The van der Waals surface area contributed by atoms with Crippen LogP contribution in [0.25, 0.3) is 0 Å². The SMILES string of the molecule is CSCC[C@H](N)C(=O)O[C@@H](C=O)[C@@H](O)[C@H](O)[C@H](O)CO. The summed E-state index contributed by atoms with van der Waals surface area (Å²) in [7, 11) is 0. The Morgan fingerprint density at radius 1 is 1.35 bits per heavy atom. The van der Waals surface area contributed by atoms with Crippen LogP contribution in [-0.4, -0.2) is 81.8 Å². The van der Waals surface area contributed by atoms with Gasteiger partial charge in [0, 0.05) is 0 Å². The van der Waals surface area contributed by atoms with E-state index >= 15 is 0 Å². The third kappa shape index (κ3) is 6.16. The van der Waals surface area contributed by atoms with Crippen molar-refractivity contribution < 1.29 is 34.8 Å². The molecule has 0 aromatic heterocycles. The Hall–Kier alpha value is -0.710. The van der Waals surface area contributed by atoms with Crippen LogP contribution in [-0.2, 0) is 14.3 Å². The summed E-state index contributed by atoms with van der Waals surface area (Å²) in [4.78, 5) is 22.4. The molecule has 5 atom stereocenters. The fourth-order valence-electron chi connectivity index (χ4n) is 1.29. The van der Waals surface area contributed by atoms with E-state index in [0.29, 0.717) is 12.2 Å². The first-order valence-corrected chi connectivity index (χ1v) is 7.33. The van der Waals surface area contributed by atoms with Crippen molar-refractivity contribution in [2.75, 3.05) is 18.6 Å². The van der Waals surface area contributed by atoms with Crippen LogP contribution in [0.3, 0.4) is 0 Å². The number of aliphatic hydroxyl groups excluding tert-OH is 4. The first-order valence-electron chi connectivity index (χ1n) is 5.94. The van der Waals surface area contributed by atoms with Crippen LogP contribution < -0.4 is 5.73 Å². The van der Waals surface area contributed by atoms with Crippen LogP contribution in [0.1, 0.15) is 6.42 Å². The molecular weight excluding hydrogens is 290 g/mol. The Labute approximate surface area is 120 Å². The largest absolute Gasteiger partial charge is 0.451 e. The molecule has 0 aromatic carbocycles. The fraction of sp³-hybridized carbons (Fsp3) is 0.818. The van der Waals surface area contributed by atoms with Crippen LogP contribution in [0.15, 0.2) is 0 Å². The first-order chi connectivity index (χ1) is 9.38. The topological polar surface area (TPSA) is 150 Å². The van der Waals surface area contributed by atoms with E-state index in [0.717, 1.165) is 0 Å². The van der Waals surface area contributed by atoms with Crippen molar-refractivity contribution in [2.24, 2.45) is 5.73 Å². The van der Waals surface area contributed by atoms with Gasteiger partial charge in [-0.3, -0.25) is 9.59 Å². The first kappa shape index (κ1) is 19.3. The summed E-state index contributed by atoms with van der Waals surface area (Å²) in [6.45, 7) is -0.814. The maximum atomic E-state index is 11.6. The summed E-state index contributed by atoms with van der Waals surface area (Å²) < 4.78 is 4.69. The number of aldehydes is 1. The van der Waals surface area contributed by atoms with Crippen LogP contribution in [0.2, 0.25) is 0 Å². The molecule has 8 nitrogen and oxygen atoms in total. The molecule has 6 N–H and O–H groups in total. The number of rotatable bonds is 10. The van der Waals surface area contributed by atoms with Crippen LogP contribution >= 0.6 is 11.8 Å². The predicted octanol–water partition coefficient (Wildman–Crippen LogP) is -2.75. The molecule has 0 fully saturated rings. The zero-order valence-corrected chi connectivity index (χ0v) is 11.9. The van der Waals surface area contributed by atoms with Gasteiger partial charge in [0.15, 0.2) is 12.4 Å². The third-order valence-electron chi connectivity index (χ3n) is 2.59. The van der Waals surface area contributed by atoms with E-state index in [1.54, 1.807) is 0 Å². The Morgan fingerprint density at radius 2 is 1.95 bits per heavy atom. The lowest BCUT2D eigenvalue weighted by Gasteiger charge is -2.26.